The number of likely N-dealkylation sites (N-methyl/N-ethyl adjacent to an activating group) is 1. The average Bonchev–Trinajstić information content (AvgIpc) is 3.70. The molecule has 1 aromatic rings. The van der Waals surface area contributed by atoms with Gasteiger partial charge < -0.3 is 30.1 Å². The first-order valence-electron chi connectivity index (χ1n) is 14.1. The van der Waals surface area contributed by atoms with E-state index in [1.54, 1.807) is 19.2 Å². The summed E-state index contributed by atoms with van der Waals surface area (Å²) in [5, 5.41) is 18.7. The Morgan fingerprint density at radius 1 is 1.27 bits per heavy atom. The number of aliphatic hydroxyl groups is 1. The largest absolute Gasteiger partial charge is 0.490 e. The van der Waals surface area contributed by atoms with Gasteiger partial charge in [0, 0.05) is 50.9 Å². The zero-order valence-corrected chi connectivity index (χ0v) is 23.2. The van der Waals surface area contributed by atoms with Crippen LogP contribution in [0.1, 0.15) is 70.8 Å². The molecule has 1 saturated heterocycles. The molecule has 2 fully saturated rings. The number of amides is 2. The maximum atomic E-state index is 15.0. The van der Waals surface area contributed by atoms with Crippen LogP contribution in [0.2, 0.25) is 0 Å². The lowest BCUT2D eigenvalue weighted by Crippen LogP contribution is -2.54. The summed E-state index contributed by atoms with van der Waals surface area (Å²) in [4.78, 5) is 15.1. The maximum Gasteiger partial charge on any atom is 0.317 e. The van der Waals surface area contributed by atoms with Crippen molar-refractivity contribution in [3.05, 3.63) is 29.6 Å². The quantitative estimate of drug-likeness (QED) is 0.292. The van der Waals surface area contributed by atoms with E-state index in [2.05, 4.69) is 24.5 Å². The van der Waals surface area contributed by atoms with Crippen LogP contribution in [0, 0.1) is 23.6 Å². The summed E-state index contributed by atoms with van der Waals surface area (Å²) in [6.07, 6.45) is 6.61. The lowest BCUT2D eigenvalue weighted by Gasteiger charge is -2.43. The molecule has 37 heavy (non-hydrogen) atoms. The van der Waals surface area contributed by atoms with E-state index in [-0.39, 0.29) is 23.7 Å². The number of carbonyl (C=O) groups excluding carboxylic acids is 1. The number of halogens is 1. The van der Waals surface area contributed by atoms with Crippen molar-refractivity contribution in [2.45, 2.75) is 76.9 Å². The highest BCUT2D eigenvalue weighted by molar-refractivity contribution is 5.74. The number of carbonyl (C=O) groups is 1. The standard InChI is InChI=1S/C29H48FN3O4/c1-21(2)17-24(18-31-3)32-28(34)33-15-8-9-23(19-33)29(35,14-5-6-16-36-4)25-10-7-11-26(30)27(25)37-20-22-12-13-22/h7,10-11,21-24,31,35H,5-6,8-9,12-20H2,1-4H3,(H,32,34)/t23-,24?,29?/m1/s1. The van der Waals surface area contributed by atoms with Crippen molar-refractivity contribution in [2.24, 2.45) is 17.8 Å². The number of hydrogen-bond donors (Lipinski definition) is 3. The Bertz CT molecular complexity index is 850. The van der Waals surface area contributed by atoms with Gasteiger partial charge in [-0.3, -0.25) is 0 Å². The number of nitrogens with one attached hydrogen (secondary N) is 2. The molecule has 2 amide bonds. The number of piperidine rings is 1. The number of ether oxygens (including phenoxy) is 2. The molecule has 3 atom stereocenters. The zero-order chi connectivity index (χ0) is 26.8. The SMILES string of the molecule is CNCC(CC(C)C)NC(=O)N1CCC[C@@H](C(O)(CCCCOC)c2cccc(F)c2OCC2CC2)C1. The van der Waals surface area contributed by atoms with Gasteiger partial charge in [-0.2, -0.15) is 0 Å². The molecule has 1 aliphatic carbocycles. The molecule has 7 nitrogen and oxygen atoms in total. The van der Waals surface area contributed by atoms with E-state index in [9.17, 15) is 9.90 Å². The lowest BCUT2D eigenvalue weighted by molar-refractivity contribution is -0.0583. The molecule has 1 aromatic carbocycles. The first kappa shape index (κ1) is 29.7. The Kier molecular flexibility index (Phi) is 11.5. The van der Waals surface area contributed by atoms with Gasteiger partial charge in [0.05, 0.1) is 12.2 Å². The van der Waals surface area contributed by atoms with Gasteiger partial charge in [0.15, 0.2) is 11.6 Å². The molecule has 1 saturated carbocycles. The predicted molar refractivity (Wildman–Crippen MR) is 144 cm³/mol. The van der Waals surface area contributed by atoms with E-state index in [1.807, 2.05) is 11.9 Å². The molecule has 1 aliphatic heterocycles. The molecule has 3 N–H and O–H groups in total. The summed E-state index contributed by atoms with van der Waals surface area (Å²) in [6.45, 7) is 7.13. The summed E-state index contributed by atoms with van der Waals surface area (Å²) in [7, 11) is 3.56. The monoisotopic (exact) mass is 521 g/mol. The minimum absolute atomic E-state index is 0.0384. The normalized spacial score (nSPS) is 20.5. The molecule has 2 unspecified atom stereocenters. The molecule has 0 radical (unpaired) electrons. The number of likely N-dealkylation sites (tertiary alicyclic amines) is 1. The third-order valence-electron chi connectivity index (χ3n) is 7.67. The van der Waals surface area contributed by atoms with Gasteiger partial charge in [-0.25, -0.2) is 9.18 Å². The summed E-state index contributed by atoms with van der Waals surface area (Å²) in [5.41, 5.74) is -0.804. The van der Waals surface area contributed by atoms with E-state index in [0.717, 1.165) is 44.9 Å². The smallest absolute Gasteiger partial charge is 0.317 e. The molecule has 0 aromatic heterocycles. The van der Waals surface area contributed by atoms with E-state index >= 15 is 4.39 Å². The second-order valence-corrected chi connectivity index (χ2v) is 11.4. The number of para-hydroxylation sites is 1. The number of nitrogens with zero attached hydrogens (tertiary/aromatic N) is 1. The van der Waals surface area contributed by atoms with E-state index in [0.29, 0.717) is 56.7 Å². The van der Waals surface area contributed by atoms with E-state index < -0.39 is 11.4 Å². The first-order valence-corrected chi connectivity index (χ1v) is 14.1. The molecule has 1 heterocycles. The first-order chi connectivity index (χ1) is 17.8. The Morgan fingerprint density at radius 3 is 2.73 bits per heavy atom. The van der Waals surface area contributed by atoms with E-state index in [4.69, 9.17) is 9.47 Å². The van der Waals surface area contributed by atoms with Gasteiger partial charge in [-0.15, -0.1) is 0 Å². The van der Waals surface area contributed by atoms with E-state index in [1.165, 1.54) is 6.07 Å². The Labute approximate surface area is 222 Å². The van der Waals surface area contributed by atoms with Crippen molar-refractivity contribution in [1.82, 2.24) is 15.5 Å². The number of urea groups is 1. The Hall–Kier alpha value is -1.90. The second kappa shape index (κ2) is 14.3. The molecular formula is C29H48FN3O4. The van der Waals surface area contributed by atoms with Crippen LogP contribution >= 0.6 is 0 Å². The number of methoxy groups -OCH3 is 1. The fourth-order valence-corrected chi connectivity index (χ4v) is 5.51. The zero-order valence-electron chi connectivity index (χ0n) is 23.2. The van der Waals surface area contributed by atoms with Crippen molar-refractivity contribution in [2.75, 3.05) is 47.0 Å². The molecule has 3 rings (SSSR count). The average molecular weight is 522 g/mol. The van der Waals surface area contributed by atoms with Crippen LogP contribution in [0.15, 0.2) is 18.2 Å². The van der Waals surface area contributed by atoms with Crippen molar-refractivity contribution < 1.29 is 23.8 Å². The van der Waals surface area contributed by atoms with Crippen molar-refractivity contribution >= 4 is 6.03 Å². The van der Waals surface area contributed by atoms with Gasteiger partial charge >= 0.3 is 6.03 Å². The van der Waals surface area contributed by atoms with Crippen LogP contribution in [0.3, 0.4) is 0 Å². The maximum absolute atomic E-state index is 15.0. The van der Waals surface area contributed by atoms with Gasteiger partial charge in [0.1, 0.15) is 0 Å². The number of rotatable bonds is 15. The van der Waals surface area contributed by atoms with Gasteiger partial charge in [0.2, 0.25) is 0 Å². The predicted octanol–water partition coefficient (Wildman–Crippen LogP) is 4.67. The highest BCUT2D eigenvalue weighted by Crippen LogP contribution is 2.44. The van der Waals surface area contributed by atoms with Crippen LogP contribution in [0.5, 0.6) is 5.75 Å². The van der Waals surface area contributed by atoms with Gasteiger partial charge in [-0.05, 0) is 76.3 Å². The van der Waals surface area contributed by atoms with Crippen LogP contribution in [0.4, 0.5) is 9.18 Å². The molecule has 2 aliphatic rings. The summed E-state index contributed by atoms with van der Waals surface area (Å²) in [5.74, 6) is 0.422. The fraction of sp³-hybridized carbons (Fsp3) is 0.759. The molecule has 8 heteroatoms. The minimum atomic E-state index is -1.31. The summed E-state index contributed by atoms with van der Waals surface area (Å²) < 4.78 is 26.3. The Balaban J connectivity index is 1.82. The third-order valence-corrected chi connectivity index (χ3v) is 7.67. The van der Waals surface area contributed by atoms with Crippen molar-refractivity contribution in [1.29, 1.82) is 0 Å². The number of hydrogen-bond acceptors (Lipinski definition) is 5. The van der Waals surface area contributed by atoms with Crippen LogP contribution in [0.25, 0.3) is 0 Å². The molecular weight excluding hydrogens is 473 g/mol. The van der Waals surface area contributed by atoms with Crippen molar-refractivity contribution in [3.63, 3.8) is 0 Å². The highest BCUT2D eigenvalue weighted by atomic mass is 19.1. The van der Waals surface area contributed by atoms with Crippen LogP contribution in [-0.4, -0.2) is 69.1 Å². The number of unbranched alkanes of at least 4 members (excludes halogenated alkanes) is 1. The second-order valence-electron chi connectivity index (χ2n) is 11.4. The van der Waals surface area contributed by atoms with Crippen LogP contribution < -0.4 is 15.4 Å². The number of benzene rings is 1. The van der Waals surface area contributed by atoms with Gasteiger partial charge in [0.25, 0.3) is 0 Å². The van der Waals surface area contributed by atoms with Gasteiger partial charge in [-0.1, -0.05) is 26.0 Å². The lowest BCUT2D eigenvalue weighted by atomic mass is 9.73. The topological polar surface area (TPSA) is 83.1 Å². The summed E-state index contributed by atoms with van der Waals surface area (Å²) >= 11 is 0. The Morgan fingerprint density at radius 2 is 2.05 bits per heavy atom. The van der Waals surface area contributed by atoms with Crippen molar-refractivity contribution in [3.8, 4) is 5.75 Å². The molecule has 0 spiro atoms. The van der Waals surface area contributed by atoms with Crippen LogP contribution in [-0.2, 0) is 10.3 Å². The highest BCUT2D eigenvalue weighted by Gasteiger charge is 2.43. The molecule has 210 valence electrons. The molecule has 0 bridgehead atoms. The third kappa shape index (κ3) is 8.55. The minimum Gasteiger partial charge on any atom is -0.490 e. The fourth-order valence-electron chi connectivity index (χ4n) is 5.51. The summed E-state index contributed by atoms with van der Waals surface area (Å²) in [6, 6.07) is 4.78.